The van der Waals surface area contributed by atoms with Gasteiger partial charge in [-0.1, -0.05) is 97.1 Å². The Balaban J connectivity index is 1.78. The summed E-state index contributed by atoms with van der Waals surface area (Å²) in [5, 5.41) is 12.2. The summed E-state index contributed by atoms with van der Waals surface area (Å²) in [5.41, 5.74) is 4.58. The topological polar surface area (TPSA) is 24.6 Å². The smallest absolute Gasteiger partial charge is 0.142 e. The molecule has 2 heterocycles. The Hall–Kier alpha value is -3.62. The van der Waals surface area contributed by atoms with Crippen LogP contribution in [0.25, 0.3) is 16.6 Å². The first kappa shape index (κ1) is 17.5. The zero-order chi connectivity index (χ0) is 19.7. The van der Waals surface area contributed by atoms with Gasteiger partial charge in [-0.3, -0.25) is 0 Å². The molecule has 0 fully saturated rings. The van der Waals surface area contributed by atoms with Crippen molar-refractivity contribution in [2.45, 2.75) is 5.60 Å². The lowest BCUT2D eigenvalue weighted by atomic mass is 9.80. The lowest BCUT2D eigenvalue weighted by Crippen LogP contribution is -2.29. The third kappa shape index (κ3) is 2.95. The average molecular weight is 375 g/mol. The van der Waals surface area contributed by atoms with Crippen molar-refractivity contribution in [3.8, 4) is 11.1 Å². The number of nitrogens with zero attached hydrogens (tertiary/aromatic N) is 1. The van der Waals surface area contributed by atoms with Crippen LogP contribution >= 0.6 is 0 Å². The molecule has 29 heavy (non-hydrogen) atoms. The van der Waals surface area contributed by atoms with Crippen molar-refractivity contribution in [2.75, 3.05) is 0 Å². The van der Waals surface area contributed by atoms with Gasteiger partial charge in [0.05, 0.1) is 5.52 Å². The fourth-order valence-corrected chi connectivity index (χ4v) is 4.07. The maximum atomic E-state index is 12.2. The fourth-order valence-electron chi connectivity index (χ4n) is 4.07. The minimum atomic E-state index is -1.25. The summed E-state index contributed by atoms with van der Waals surface area (Å²) in [4.78, 5) is 0. The van der Waals surface area contributed by atoms with Gasteiger partial charge in [-0.05, 0) is 28.8 Å². The molecule has 0 aliphatic rings. The van der Waals surface area contributed by atoms with Gasteiger partial charge in [0.15, 0.2) is 0 Å². The van der Waals surface area contributed by atoms with Gasteiger partial charge >= 0.3 is 0 Å². The van der Waals surface area contributed by atoms with Gasteiger partial charge in [0, 0.05) is 23.5 Å². The number of pyridine rings is 1. The van der Waals surface area contributed by atoms with E-state index in [2.05, 4.69) is 28.8 Å². The first-order valence-electron chi connectivity index (χ1n) is 9.77. The highest BCUT2D eigenvalue weighted by Crippen LogP contribution is 2.39. The third-order valence-corrected chi connectivity index (χ3v) is 5.51. The predicted molar refractivity (Wildman–Crippen MR) is 118 cm³/mol. The zero-order valence-electron chi connectivity index (χ0n) is 15.9. The van der Waals surface area contributed by atoms with Gasteiger partial charge in [-0.15, -0.1) is 0 Å². The van der Waals surface area contributed by atoms with Crippen LogP contribution in [0.3, 0.4) is 0 Å². The number of benzene rings is 3. The molecule has 0 aliphatic carbocycles. The number of aromatic nitrogens is 1. The van der Waals surface area contributed by atoms with Crippen molar-refractivity contribution < 1.29 is 5.11 Å². The predicted octanol–water partition coefficient (Wildman–Crippen LogP) is 5.89. The second kappa shape index (κ2) is 7.08. The summed E-state index contributed by atoms with van der Waals surface area (Å²) in [6, 6.07) is 36.2. The van der Waals surface area contributed by atoms with Gasteiger partial charge in [0.25, 0.3) is 0 Å². The minimum Gasteiger partial charge on any atom is -0.376 e. The van der Waals surface area contributed by atoms with E-state index in [1.165, 1.54) is 0 Å². The van der Waals surface area contributed by atoms with Crippen LogP contribution in [0.15, 0.2) is 122 Å². The number of rotatable bonds is 4. The second-order valence-corrected chi connectivity index (χ2v) is 7.25. The lowest BCUT2D eigenvalue weighted by Gasteiger charge is -2.30. The van der Waals surface area contributed by atoms with Crippen molar-refractivity contribution in [3.63, 3.8) is 0 Å². The molecule has 5 aromatic rings. The quantitative estimate of drug-likeness (QED) is 0.416. The normalized spacial score (nSPS) is 11.6. The van der Waals surface area contributed by atoms with E-state index in [1.54, 1.807) is 0 Å². The Morgan fingerprint density at radius 3 is 1.72 bits per heavy atom. The molecule has 0 radical (unpaired) electrons. The van der Waals surface area contributed by atoms with Crippen molar-refractivity contribution in [1.29, 1.82) is 0 Å². The van der Waals surface area contributed by atoms with Crippen LogP contribution in [-0.4, -0.2) is 9.51 Å². The van der Waals surface area contributed by atoms with E-state index >= 15 is 0 Å². The Bertz CT molecular complexity index is 1200. The van der Waals surface area contributed by atoms with E-state index in [9.17, 15) is 5.11 Å². The molecule has 0 bridgehead atoms. The van der Waals surface area contributed by atoms with Gasteiger partial charge in [-0.2, -0.15) is 0 Å². The molecular formula is C27H21NO. The maximum Gasteiger partial charge on any atom is 0.142 e. The van der Waals surface area contributed by atoms with Crippen LogP contribution in [0.4, 0.5) is 0 Å². The molecule has 3 aromatic carbocycles. The summed E-state index contributed by atoms with van der Waals surface area (Å²) < 4.78 is 2.09. The second-order valence-electron chi connectivity index (χ2n) is 7.25. The SMILES string of the molecule is OC(c1ccccc1)(c1ccccc1)c1cccn2cc(-c3ccccc3)cc12. The van der Waals surface area contributed by atoms with Crippen molar-refractivity contribution in [2.24, 2.45) is 0 Å². The zero-order valence-corrected chi connectivity index (χ0v) is 15.9. The minimum absolute atomic E-state index is 0.849. The standard InChI is InChI=1S/C27H21NO/c29-27(23-13-6-2-7-14-23,24-15-8-3-9-16-24)25-17-10-18-28-20-22(19-26(25)28)21-11-4-1-5-12-21/h1-20,29H. The number of hydrogen-bond donors (Lipinski definition) is 1. The highest BCUT2D eigenvalue weighted by Gasteiger charge is 2.35. The average Bonchev–Trinajstić information content (AvgIpc) is 3.25. The number of hydrogen-bond acceptors (Lipinski definition) is 1. The molecule has 2 heteroatoms. The molecule has 1 N–H and O–H groups in total. The highest BCUT2D eigenvalue weighted by atomic mass is 16.3. The monoisotopic (exact) mass is 375 g/mol. The van der Waals surface area contributed by atoms with Gasteiger partial charge < -0.3 is 9.51 Å². The summed E-state index contributed by atoms with van der Waals surface area (Å²) in [5.74, 6) is 0. The van der Waals surface area contributed by atoms with Crippen LogP contribution in [0.5, 0.6) is 0 Å². The van der Waals surface area contributed by atoms with Crippen LogP contribution in [0.2, 0.25) is 0 Å². The van der Waals surface area contributed by atoms with Crippen molar-refractivity contribution in [3.05, 3.63) is 138 Å². The largest absolute Gasteiger partial charge is 0.376 e. The molecular weight excluding hydrogens is 354 g/mol. The third-order valence-electron chi connectivity index (χ3n) is 5.51. The number of fused-ring (bicyclic) bond motifs is 1. The Labute approximate surface area is 170 Å². The molecule has 0 atom stereocenters. The van der Waals surface area contributed by atoms with Gasteiger partial charge in [0.2, 0.25) is 0 Å². The van der Waals surface area contributed by atoms with Gasteiger partial charge in [0.1, 0.15) is 5.60 Å². The molecule has 0 amide bonds. The molecule has 140 valence electrons. The van der Waals surface area contributed by atoms with Crippen LogP contribution < -0.4 is 0 Å². The van der Waals surface area contributed by atoms with Crippen LogP contribution in [-0.2, 0) is 5.60 Å². The molecule has 5 rings (SSSR count). The summed E-state index contributed by atoms with van der Waals surface area (Å²) >= 11 is 0. The van der Waals surface area contributed by atoms with Crippen molar-refractivity contribution in [1.82, 2.24) is 4.40 Å². The Morgan fingerprint density at radius 1 is 0.586 bits per heavy atom. The maximum absolute atomic E-state index is 12.2. The molecule has 0 saturated heterocycles. The van der Waals surface area contributed by atoms with Crippen LogP contribution in [0, 0.1) is 0 Å². The Morgan fingerprint density at radius 2 is 1.14 bits per heavy atom. The molecule has 0 spiro atoms. The van der Waals surface area contributed by atoms with E-state index in [0.29, 0.717) is 0 Å². The number of aliphatic hydroxyl groups is 1. The molecule has 0 saturated carbocycles. The van der Waals surface area contributed by atoms with E-state index in [4.69, 9.17) is 0 Å². The van der Waals surface area contributed by atoms with E-state index < -0.39 is 5.60 Å². The van der Waals surface area contributed by atoms with Crippen molar-refractivity contribution >= 4 is 5.52 Å². The summed E-state index contributed by atoms with van der Waals surface area (Å²) in [6.07, 6.45) is 4.15. The summed E-state index contributed by atoms with van der Waals surface area (Å²) in [6.45, 7) is 0. The first-order chi connectivity index (χ1) is 14.3. The van der Waals surface area contributed by atoms with Crippen LogP contribution in [0.1, 0.15) is 16.7 Å². The van der Waals surface area contributed by atoms with E-state index in [-0.39, 0.29) is 0 Å². The molecule has 0 unspecified atom stereocenters. The summed E-state index contributed by atoms with van der Waals surface area (Å²) in [7, 11) is 0. The lowest BCUT2D eigenvalue weighted by molar-refractivity contribution is 0.127. The molecule has 2 nitrogen and oxygen atoms in total. The molecule has 2 aromatic heterocycles. The van der Waals surface area contributed by atoms with E-state index in [0.717, 1.165) is 33.3 Å². The Kier molecular flexibility index (Phi) is 4.27. The first-order valence-corrected chi connectivity index (χ1v) is 9.77. The highest BCUT2D eigenvalue weighted by molar-refractivity contribution is 5.74. The van der Waals surface area contributed by atoms with E-state index in [1.807, 2.05) is 97.2 Å². The fraction of sp³-hybridized carbons (Fsp3) is 0.0370. The molecule has 0 aliphatic heterocycles. The van der Waals surface area contributed by atoms with Gasteiger partial charge in [-0.25, -0.2) is 0 Å².